The van der Waals surface area contributed by atoms with E-state index in [1.165, 1.54) is 19.4 Å². The molecule has 3 rings (SSSR count). The first kappa shape index (κ1) is 25.4. The monoisotopic (exact) mass is 471 g/mol. The average Bonchev–Trinajstić information content (AvgIpc) is 3.62. The van der Waals surface area contributed by atoms with Crippen LogP contribution in [0.15, 0.2) is 30.5 Å². The fraction of sp³-hybridized carbons (Fsp3) is 0.480. The molecule has 1 aliphatic carbocycles. The Kier molecular flexibility index (Phi) is 8.05. The van der Waals surface area contributed by atoms with E-state index in [1.807, 2.05) is 20.8 Å². The summed E-state index contributed by atoms with van der Waals surface area (Å²) in [5, 5.41) is 12.2. The zero-order valence-corrected chi connectivity index (χ0v) is 20.1. The number of hydrogen-bond acceptors (Lipinski definition) is 6. The first-order valence-corrected chi connectivity index (χ1v) is 11.5. The normalized spacial score (nSPS) is 14.7. The Balaban J connectivity index is 1.65. The number of nitrogens with zero attached hydrogens (tertiary/aromatic N) is 4. The number of rotatable bonds is 11. The maximum Gasteiger partial charge on any atom is 0.236 e. The minimum Gasteiger partial charge on any atom is -0.494 e. The number of anilines is 1. The first-order valence-electron chi connectivity index (χ1n) is 11.5. The third-order valence-corrected chi connectivity index (χ3v) is 6.35. The number of ether oxygens (including phenoxy) is 1. The molecule has 1 unspecified atom stereocenters. The summed E-state index contributed by atoms with van der Waals surface area (Å²) in [6.45, 7) is 7.69. The highest BCUT2D eigenvalue weighted by molar-refractivity contribution is 5.78. The number of hydrogen-bond donors (Lipinski definition) is 1. The lowest BCUT2D eigenvalue weighted by Crippen LogP contribution is -2.48. The van der Waals surface area contributed by atoms with Gasteiger partial charge in [-0.15, -0.1) is 0 Å². The summed E-state index contributed by atoms with van der Waals surface area (Å²) in [4.78, 5) is 21.2. The van der Waals surface area contributed by atoms with Gasteiger partial charge in [-0.25, -0.2) is 13.8 Å². The number of pyridine rings is 1. The van der Waals surface area contributed by atoms with E-state index in [0.29, 0.717) is 43.6 Å². The third-order valence-electron chi connectivity index (χ3n) is 6.35. The van der Waals surface area contributed by atoms with Crippen molar-refractivity contribution in [3.8, 4) is 11.8 Å². The lowest BCUT2D eigenvalue weighted by Gasteiger charge is -2.33. The molecule has 1 N–H and O–H groups in total. The number of benzene rings is 1. The van der Waals surface area contributed by atoms with Gasteiger partial charge in [-0.2, -0.15) is 5.26 Å². The number of amides is 1. The van der Waals surface area contributed by atoms with Crippen molar-refractivity contribution in [2.24, 2.45) is 0 Å². The van der Waals surface area contributed by atoms with Crippen LogP contribution in [-0.2, 0) is 10.3 Å². The van der Waals surface area contributed by atoms with Gasteiger partial charge in [-0.1, -0.05) is 0 Å². The molecule has 0 saturated heterocycles. The van der Waals surface area contributed by atoms with Crippen molar-refractivity contribution in [2.75, 3.05) is 38.2 Å². The Morgan fingerprint density at radius 3 is 2.53 bits per heavy atom. The zero-order chi connectivity index (χ0) is 24.9. The van der Waals surface area contributed by atoms with E-state index in [4.69, 9.17) is 10.00 Å². The van der Waals surface area contributed by atoms with Gasteiger partial charge in [0, 0.05) is 49.0 Å². The maximum atomic E-state index is 14.5. The molecule has 1 aromatic heterocycles. The molecule has 0 bridgehead atoms. The van der Waals surface area contributed by atoms with Gasteiger partial charge in [0.2, 0.25) is 5.91 Å². The van der Waals surface area contributed by atoms with Crippen LogP contribution in [0.2, 0.25) is 0 Å². The van der Waals surface area contributed by atoms with Crippen LogP contribution in [0.25, 0.3) is 0 Å². The molecule has 1 atom stereocenters. The SMILES string of the molecule is CCN(CC(C)N(CC)c1ccc(C#N)cn1)C(=O)CNC1(c2cc(OC)c(F)cc2F)CC1. The van der Waals surface area contributed by atoms with Crippen molar-refractivity contribution in [3.05, 3.63) is 53.2 Å². The molecular formula is C25H31F2N5O2. The molecule has 1 fully saturated rings. The van der Waals surface area contributed by atoms with Crippen LogP contribution in [0.5, 0.6) is 5.75 Å². The number of methoxy groups -OCH3 is 1. The average molecular weight is 472 g/mol. The molecule has 0 aliphatic heterocycles. The minimum atomic E-state index is -0.751. The highest BCUT2D eigenvalue weighted by Gasteiger charge is 2.46. The van der Waals surface area contributed by atoms with Crippen LogP contribution in [0.4, 0.5) is 14.6 Å². The van der Waals surface area contributed by atoms with Crippen LogP contribution in [-0.4, -0.2) is 55.1 Å². The topological polar surface area (TPSA) is 81.5 Å². The summed E-state index contributed by atoms with van der Waals surface area (Å²) in [6.07, 6.45) is 2.85. The molecule has 7 nitrogen and oxygen atoms in total. The lowest BCUT2D eigenvalue weighted by molar-refractivity contribution is -0.130. The van der Waals surface area contributed by atoms with Crippen LogP contribution in [0, 0.1) is 23.0 Å². The largest absolute Gasteiger partial charge is 0.494 e. The molecule has 182 valence electrons. The third kappa shape index (κ3) is 5.45. The van der Waals surface area contributed by atoms with Gasteiger partial charge in [0.25, 0.3) is 0 Å². The summed E-state index contributed by atoms with van der Waals surface area (Å²) in [5.41, 5.74) is 0.125. The molecule has 34 heavy (non-hydrogen) atoms. The van der Waals surface area contributed by atoms with E-state index in [9.17, 15) is 13.6 Å². The Hall–Kier alpha value is -3.25. The predicted molar refractivity (Wildman–Crippen MR) is 126 cm³/mol. The van der Waals surface area contributed by atoms with Crippen molar-refractivity contribution >= 4 is 11.7 Å². The Labute approximate surface area is 199 Å². The van der Waals surface area contributed by atoms with Crippen LogP contribution in [0.3, 0.4) is 0 Å². The van der Waals surface area contributed by atoms with Gasteiger partial charge in [0.1, 0.15) is 17.7 Å². The zero-order valence-electron chi connectivity index (χ0n) is 20.1. The summed E-state index contributed by atoms with van der Waals surface area (Å²) in [7, 11) is 1.34. The molecule has 1 amide bonds. The Bertz CT molecular complexity index is 1050. The molecule has 1 saturated carbocycles. The van der Waals surface area contributed by atoms with Crippen LogP contribution >= 0.6 is 0 Å². The number of aromatic nitrogens is 1. The van der Waals surface area contributed by atoms with Crippen LogP contribution < -0.4 is 15.0 Å². The first-order chi connectivity index (χ1) is 16.3. The predicted octanol–water partition coefficient (Wildman–Crippen LogP) is 3.58. The summed E-state index contributed by atoms with van der Waals surface area (Å²) < 4.78 is 33.3. The molecule has 1 heterocycles. The fourth-order valence-corrected chi connectivity index (χ4v) is 4.22. The molecular weight excluding hydrogens is 440 g/mol. The van der Waals surface area contributed by atoms with Crippen molar-refractivity contribution in [1.82, 2.24) is 15.2 Å². The second kappa shape index (κ2) is 10.8. The summed E-state index contributed by atoms with van der Waals surface area (Å²) >= 11 is 0. The number of carbonyl (C=O) groups excluding carboxylic acids is 1. The van der Waals surface area contributed by atoms with Gasteiger partial charge in [-0.3, -0.25) is 10.1 Å². The van der Waals surface area contributed by atoms with Gasteiger partial charge in [0.15, 0.2) is 11.6 Å². The molecule has 9 heteroatoms. The summed E-state index contributed by atoms with van der Waals surface area (Å²) in [5.74, 6) is -0.771. The lowest BCUT2D eigenvalue weighted by atomic mass is 10.0. The Morgan fingerprint density at radius 1 is 1.26 bits per heavy atom. The van der Waals surface area contributed by atoms with Gasteiger partial charge < -0.3 is 14.5 Å². The highest BCUT2D eigenvalue weighted by atomic mass is 19.1. The highest BCUT2D eigenvalue weighted by Crippen LogP contribution is 2.47. The van der Waals surface area contributed by atoms with Gasteiger partial charge in [0.05, 0.1) is 19.2 Å². The van der Waals surface area contributed by atoms with E-state index >= 15 is 0 Å². The standard InChI is InChI=1S/C25H31F2N5O2/c1-5-31(16-17(3)32(6-2)23-8-7-18(13-28)14-29-23)24(33)15-30-25(9-10-25)19-11-22(34-4)21(27)12-20(19)26/h7-8,11-12,14,17,30H,5-6,9-10,15-16H2,1-4H3. The van der Waals surface area contributed by atoms with Crippen molar-refractivity contribution < 1.29 is 18.3 Å². The van der Waals surface area contributed by atoms with E-state index in [2.05, 4.69) is 21.3 Å². The summed E-state index contributed by atoms with van der Waals surface area (Å²) in [6, 6.07) is 7.78. The van der Waals surface area contributed by atoms with Crippen LogP contribution in [0.1, 0.15) is 44.7 Å². The maximum absolute atomic E-state index is 14.5. The molecule has 2 aromatic rings. The number of nitrogens with one attached hydrogen (secondary N) is 1. The number of nitriles is 1. The second-order valence-corrected chi connectivity index (χ2v) is 8.49. The molecule has 1 aromatic carbocycles. The number of halogens is 2. The van der Waals surface area contributed by atoms with Gasteiger partial charge >= 0.3 is 0 Å². The van der Waals surface area contributed by atoms with E-state index < -0.39 is 17.2 Å². The van der Waals surface area contributed by atoms with E-state index in [1.54, 1.807) is 17.0 Å². The fourth-order valence-electron chi connectivity index (χ4n) is 4.22. The number of likely N-dealkylation sites (N-methyl/N-ethyl adjacent to an activating group) is 2. The van der Waals surface area contributed by atoms with Crippen molar-refractivity contribution in [1.29, 1.82) is 5.26 Å². The molecule has 1 aliphatic rings. The van der Waals surface area contributed by atoms with E-state index in [0.717, 1.165) is 11.9 Å². The smallest absolute Gasteiger partial charge is 0.236 e. The van der Waals surface area contributed by atoms with Crippen molar-refractivity contribution in [3.63, 3.8) is 0 Å². The number of carbonyl (C=O) groups is 1. The minimum absolute atomic E-state index is 0.0111. The Morgan fingerprint density at radius 2 is 2.00 bits per heavy atom. The van der Waals surface area contributed by atoms with Gasteiger partial charge in [-0.05, 0) is 51.8 Å². The van der Waals surface area contributed by atoms with E-state index in [-0.39, 0.29) is 24.2 Å². The quantitative estimate of drug-likeness (QED) is 0.540. The molecule has 0 spiro atoms. The second-order valence-electron chi connectivity index (χ2n) is 8.49. The van der Waals surface area contributed by atoms with Crippen molar-refractivity contribution in [2.45, 2.75) is 45.2 Å². The molecule has 0 radical (unpaired) electrons.